The van der Waals surface area contributed by atoms with Gasteiger partial charge in [-0.05, 0) is 18.8 Å². The number of nitrogens with two attached hydrogens (primary N) is 1. The number of carboxylic acids is 1. The zero-order valence-electron chi connectivity index (χ0n) is 12.6. The largest absolute Gasteiger partial charge is 0.481 e. The van der Waals surface area contributed by atoms with Gasteiger partial charge in [-0.3, -0.25) is 14.4 Å². The van der Waals surface area contributed by atoms with Crippen LogP contribution in [-0.2, 0) is 14.4 Å². The zero-order valence-corrected chi connectivity index (χ0v) is 12.6. The predicted molar refractivity (Wildman–Crippen MR) is 77.3 cm³/mol. The smallest absolute Gasteiger partial charge is 0.308 e. The first kappa shape index (κ1) is 17.4. The average molecular weight is 299 g/mol. The second-order valence-corrected chi connectivity index (χ2v) is 5.89. The first-order chi connectivity index (χ1) is 9.82. The standard InChI is InChI=1S/C14H25N3O4/c1-8(2)12(15)13(19)16-7-11(18)17-10-6-4-3-5-9(10)14(20)21/h8-10,12H,3-7,15H2,1-2H3,(H,16,19)(H,17,18)(H,20,21)/t9?,10?,12-/m0/s1. The summed E-state index contributed by atoms with van der Waals surface area (Å²) in [5.41, 5.74) is 5.67. The van der Waals surface area contributed by atoms with E-state index < -0.39 is 17.9 Å². The summed E-state index contributed by atoms with van der Waals surface area (Å²) in [6, 6.07) is -1.02. The first-order valence-corrected chi connectivity index (χ1v) is 7.38. The molecule has 1 saturated carbocycles. The van der Waals surface area contributed by atoms with Crippen molar-refractivity contribution in [3.05, 3.63) is 0 Å². The monoisotopic (exact) mass is 299 g/mol. The van der Waals surface area contributed by atoms with Crippen molar-refractivity contribution in [1.29, 1.82) is 0 Å². The Labute approximate surface area is 124 Å². The van der Waals surface area contributed by atoms with Crippen LogP contribution in [0.2, 0.25) is 0 Å². The van der Waals surface area contributed by atoms with Crippen LogP contribution in [0, 0.1) is 11.8 Å². The summed E-state index contributed by atoms with van der Waals surface area (Å²) in [5.74, 6) is -2.19. The lowest BCUT2D eigenvalue weighted by molar-refractivity contribution is -0.144. The Kier molecular flexibility index (Phi) is 6.61. The van der Waals surface area contributed by atoms with Crippen molar-refractivity contribution < 1.29 is 19.5 Å². The van der Waals surface area contributed by atoms with Crippen LogP contribution in [0.3, 0.4) is 0 Å². The lowest BCUT2D eigenvalue weighted by Gasteiger charge is -2.29. The van der Waals surface area contributed by atoms with Gasteiger partial charge in [-0.25, -0.2) is 0 Å². The molecule has 1 rings (SSSR count). The van der Waals surface area contributed by atoms with Gasteiger partial charge >= 0.3 is 5.97 Å². The molecule has 5 N–H and O–H groups in total. The molecule has 120 valence electrons. The molecule has 0 aliphatic heterocycles. The maximum absolute atomic E-state index is 11.8. The Morgan fingerprint density at radius 1 is 1.24 bits per heavy atom. The number of carbonyl (C=O) groups excluding carboxylic acids is 2. The summed E-state index contributed by atoms with van der Waals surface area (Å²) >= 11 is 0. The fourth-order valence-electron chi connectivity index (χ4n) is 2.45. The fourth-order valence-corrected chi connectivity index (χ4v) is 2.45. The van der Waals surface area contributed by atoms with Crippen LogP contribution in [-0.4, -0.2) is 41.5 Å². The Morgan fingerprint density at radius 3 is 2.43 bits per heavy atom. The normalized spacial score (nSPS) is 23.4. The minimum absolute atomic E-state index is 0.0113. The number of aliphatic carboxylic acids is 1. The molecule has 0 radical (unpaired) electrons. The maximum atomic E-state index is 11.8. The molecule has 2 amide bonds. The van der Waals surface area contributed by atoms with Crippen LogP contribution in [0.5, 0.6) is 0 Å². The quantitative estimate of drug-likeness (QED) is 0.543. The van der Waals surface area contributed by atoms with E-state index in [9.17, 15) is 14.4 Å². The van der Waals surface area contributed by atoms with Gasteiger partial charge in [0.05, 0.1) is 18.5 Å². The van der Waals surface area contributed by atoms with Crippen molar-refractivity contribution in [3.63, 3.8) is 0 Å². The highest BCUT2D eigenvalue weighted by Gasteiger charge is 2.31. The first-order valence-electron chi connectivity index (χ1n) is 7.38. The van der Waals surface area contributed by atoms with E-state index in [-0.39, 0.29) is 30.3 Å². The molecule has 0 saturated heterocycles. The molecule has 21 heavy (non-hydrogen) atoms. The van der Waals surface area contributed by atoms with Crippen LogP contribution in [0.25, 0.3) is 0 Å². The fraction of sp³-hybridized carbons (Fsp3) is 0.786. The highest BCUT2D eigenvalue weighted by Crippen LogP contribution is 2.24. The van der Waals surface area contributed by atoms with Crippen LogP contribution in [0.4, 0.5) is 0 Å². The summed E-state index contributed by atoms with van der Waals surface area (Å²) < 4.78 is 0. The van der Waals surface area contributed by atoms with Crippen LogP contribution < -0.4 is 16.4 Å². The van der Waals surface area contributed by atoms with Gasteiger partial charge in [-0.15, -0.1) is 0 Å². The Morgan fingerprint density at radius 2 is 1.86 bits per heavy atom. The van der Waals surface area contributed by atoms with Gasteiger partial charge in [0.15, 0.2) is 0 Å². The topological polar surface area (TPSA) is 122 Å². The molecule has 7 nitrogen and oxygen atoms in total. The molecular formula is C14H25N3O4. The molecule has 7 heteroatoms. The lowest BCUT2D eigenvalue weighted by atomic mass is 9.84. The van der Waals surface area contributed by atoms with Gasteiger partial charge in [0, 0.05) is 6.04 Å². The van der Waals surface area contributed by atoms with Gasteiger partial charge in [0.1, 0.15) is 0 Å². The third kappa shape index (κ3) is 5.34. The van der Waals surface area contributed by atoms with Crippen molar-refractivity contribution in [2.24, 2.45) is 17.6 Å². The van der Waals surface area contributed by atoms with Crippen molar-refractivity contribution in [2.45, 2.75) is 51.6 Å². The van der Waals surface area contributed by atoms with Gasteiger partial charge in [-0.2, -0.15) is 0 Å². The average Bonchev–Trinajstić information content (AvgIpc) is 2.44. The van der Waals surface area contributed by atoms with E-state index in [0.29, 0.717) is 12.8 Å². The summed E-state index contributed by atoms with van der Waals surface area (Å²) in [5, 5.41) is 14.3. The lowest BCUT2D eigenvalue weighted by Crippen LogP contribution is -2.50. The molecule has 1 aliphatic rings. The summed E-state index contributed by atoms with van der Waals surface area (Å²) in [6.07, 6.45) is 3.00. The Hall–Kier alpha value is -1.63. The molecule has 2 unspecified atom stereocenters. The predicted octanol–water partition coefficient (Wildman–Crippen LogP) is -0.154. The van der Waals surface area contributed by atoms with Crippen LogP contribution >= 0.6 is 0 Å². The van der Waals surface area contributed by atoms with E-state index in [1.54, 1.807) is 0 Å². The number of hydrogen-bond acceptors (Lipinski definition) is 4. The van der Waals surface area contributed by atoms with E-state index in [2.05, 4.69) is 10.6 Å². The number of carbonyl (C=O) groups is 3. The number of amides is 2. The molecule has 0 aromatic heterocycles. The minimum Gasteiger partial charge on any atom is -0.481 e. The Balaban J connectivity index is 2.42. The highest BCUT2D eigenvalue weighted by atomic mass is 16.4. The highest BCUT2D eigenvalue weighted by molar-refractivity contribution is 5.87. The van der Waals surface area contributed by atoms with E-state index in [4.69, 9.17) is 10.8 Å². The van der Waals surface area contributed by atoms with Crippen molar-refractivity contribution >= 4 is 17.8 Å². The van der Waals surface area contributed by atoms with Gasteiger partial charge in [-0.1, -0.05) is 26.7 Å². The summed E-state index contributed by atoms with van der Waals surface area (Å²) in [6.45, 7) is 3.47. The molecule has 0 spiro atoms. The van der Waals surface area contributed by atoms with Crippen LogP contribution in [0.1, 0.15) is 39.5 Å². The third-order valence-corrected chi connectivity index (χ3v) is 3.87. The maximum Gasteiger partial charge on any atom is 0.308 e. The number of hydrogen-bond donors (Lipinski definition) is 4. The molecule has 0 heterocycles. The second kappa shape index (κ2) is 7.97. The van der Waals surface area contributed by atoms with Gasteiger partial charge in [0.2, 0.25) is 11.8 Å². The molecule has 1 aliphatic carbocycles. The SMILES string of the molecule is CC(C)[C@H](N)C(=O)NCC(=O)NC1CCCCC1C(=O)O. The molecule has 3 atom stereocenters. The molecule has 1 fully saturated rings. The Bertz CT molecular complexity index is 398. The summed E-state index contributed by atoms with van der Waals surface area (Å²) in [7, 11) is 0. The summed E-state index contributed by atoms with van der Waals surface area (Å²) in [4.78, 5) is 34.6. The van der Waals surface area contributed by atoms with E-state index in [1.807, 2.05) is 13.8 Å². The van der Waals surface area contributed by atoms with Crippen molar-refractivity contribution in [3.8, 4) is 0 Å². The van der Waals surface area contributed by atoms with E-state index in [0.717, 1.165) is 12.8 Å². The zero-order chi connectivity index (χ0) is 16.0. The third-order valence-electron chi connectivity index (χ3n) is 3.87. The van der Waals surface area contributed by atoms with Gasteiger partial charge < -0.3 is 21.5 Å². The van der Waals surface area contributed by atoms with Gasteiger partial charge in [0.25, 0.3) is 0 Å². The van der Waals surface area contributed by atoms with Crippen molar-refractivity contribution in [1.82, 2.24) is 10.6 Å². The number of nitrogens with one attached hydrogen (secondary N) is 2. The van der Waals surface area contributed by atoms with Crippen molar-refractivity contribution in [2.75, 3.05) is 6.54 Å². The molecule has 0 aromatic carbocycles. The molecule has 0 aromatic rings. The van der Waals surface area contributed by atoms with E-state index in [1.165, 1.54) is 0 Å². The van der Waals surface area contributed by atoms with Crippen LogP contribution in [0.15, 0.2) is 0 Å². The number of carboxylic acid groups (broad SMARTS) is 1. The molecule has 0 bridgehead atoms. The van der Waals surface area contributed by atoms with E-state index >= 15 is 0 Å². The molecular weight excluding hydrogens is 274 g/mol. The number of rotatable bonds is 6. The minimum atomic E-state index is -0.883. The second-order valence-electron chi connectivity index (χ2n) is 5.89.